The average Bonchev–Trinajstić information content (AvgIpc) is 2.89. The highest BCUT2D eigenvalue weighted by molar-refractivity contribution is 7.20. The van der Waals surface area contributed by atoms with E-state index in [9.17, 15) is 0 Å². The Labute approximate surface area is 182 Å². The molecule has 3 heteroatoms. The molecule has 140 valence electrons. The number of hydrogen-bond donors (Lipinski definition) is 0. The Morgan fingerprint density at radius 3 is 1.31 bits per heavy atom. The second-order valence-corrected chi connectivity index (χ2v) is 11.9. The molecule has 0 bridgehead atoms. The van der Waals surface area contributed by atoms with E-state index in [4.69, 9.17) is 23.2 Å². The molecule has 0 aliphatic carbocycles. The highest BCUT2D eigenvalue weighted by Gasteiger charge is 2.44. The summed E-state index contributed by atoms with van der Waals surface area (Å²) in [5.41, 5.74) is 2.34. The van der Waals surface area contributed by atoms with E-state index in [0.29, 0.717) is 0 Å². The van der Waals surface area contributed by atoms with Crippen molar-refractivity contribution in [3.8, 4) is 0 Å². The van der Waals surface area contributed by atoms with Gasteiger partial charge in [0.25, 0.3) is 0 Å². The third-order valence-corrected chi connectivity index (χ3v) is 11.1. The van der Waals surface area contributed by atoms with Gasteiger partial charge in [-0.25, -0.2) is 0 Å². The van der Waals surface area contributed by atoms with Crippen LogP contribution in [0, 0.1) is 0 Å². The summed E-state index contributed by atoms with van der Waals surface area (Å²) in [5.74, 6) is 0. The van der Waals surface area contributed by atoms with Crippen molar-refractivity contribution < 1.29 is 0 Å². The monoisotopic (exact) mass is 428 g/mol. The summed E-state index contributed by atoms with van der Waals surface area (Å²) in [4.78, 5) is 0. The van der Waals surface area contributed by atoms with Gasteiger partial charge >= 0.3 is 0 Å². The number of halogens is 2. The van der Waals surface area contributed by atoms with Crippen molar-refractivity contribution in [3.63, 3.8) is 0 Å². The van der Waals surface area contributed by atoms with Crippen molar-refractivity contribution in [3.05, 3.63) is 118 Å². The van der Waals surface area contributed by atoms with Crippen molar-refractivity contribution in [1.82, 2.24) is 0 Å². The highest BCUT2D eigenvalue weighted by Crippen LogP contribution is 2.23. The van der Waals surface area contributed by atoms with E-state index in [-0.39, 0.29) is 0 Å². The number of benzene rings is 4. The molecule has 1 heterocycles. The van der Waals surface area contributed by atoms with Crippen LogP contribution in [0.25, 0.3) is 12.2 Å². The molecule has 29 heavy (non-hydrogen) atoms. The summed E-state index contributed by atoms with van der Waals surface area (Å²) in [5, 5.41) is 6.89. The van der Waals surface area contributed by atoms with Gasteiger partial charge in [-0.3, -0.25) is 0 Å². The molecule has 0 spiro atoms. The van der Waals surface area contributed by atoms with Gasteiger partial charge in [0.05, 0.1) is 0 Å². The maximum absolute atomic E-state index is 6.41. The lowest BCUT2D eigenvalue weighted by Crippen LogP contribution is -2.75. The van der Waals surface area contributed by atoms with Crippen molar-refractivity contribution in [2.75, 3.05) is 0 Å². The number of hydrogen-bond acceptors (Lipinski definition) is 0. The van der Waals surface area contributed by atoms with Crippen LogP contribution in [-0.4, -0.2) is 8.07 Å². The number of fused-ring (bicyclic) bond motifs is 2. The first-order chi connectivity index (χ1) is 14.2. The third kappa shape index (κ3) is 2.98. The van der Waals surface area contributed by atoms with E-state index in [1.54, 1.807) is 0 Å². The summed E-state index contributed by atoms with van der Waals surface area (Å²) < 4.78 is 0. The zero-order valence-electron chi connectivity index (χ0n) is 15.6. The fraction of sp³-hybridized carbons (Fsp3) is 0. The fourth-order valence-corrected chi connectivity index (χ4v) is 9.97. The largest absolute Gasteiger partial charge is 0.180 e. The summed E-state index contributed by atoms with van der Waals surface area (Å²) in [6.45, 7) is 0. The lowest BCUT2D eigenvalue weighted by molar-refractivity contribution is 1.65. The second-order valence-electron chi connectivity index (χ2n) is 7.28. The van der Waals surface area contributed by atoms with E-state index >= 15 is 0 Å². The SMILES string of the molecule is Clc1ccc2c(c1)C=Cc1cc(Cl)ccc1[Si]2(c1ccccc1)c1ccccc1. The summed E-state index contributed by atoms with van der Waals surface area (Å²) in [6, 6.07) is 34.4. The highest BCUT2D eigenvalue weighted by atomic mass is 35.5. The predicted molar refractivity (Wildman–Crippen MR) is 129 cm³/mol. The molecule has 1 aliphatic rings. The molecule has 0 N–H and O–H groups in total. The molecule has 0 saturated heterocycles. The van der Waals surface area contributed by atoms with Crippen molar-refractivity contribution in [2.45, 2.75) is 0 Å². The molecule has 5 rings (SSSR count). The molecule has 0 unspecified atom stereocenters. The van der Waals surface area contributed by atoms with Gasteiger partial charge in [0.2, 0.25) is 0 Å². The smallest absolute Gasteiger partial charge is 0.0843 e. The molecule has 0 aromatic heterocycles. The van der Waals surface area contributed by atoms with Crippen LogP contribution in [0.15, 0.2) is 97.1 Å². The van der Waals surface area contributed by atoms with Gasteiger partial charge in [-0.1, -0.05) is 108 Å². The van der Waals surface area contributed by atoms with Crippen LogP contribution in [0.2, 0.25) is 10.0 Å². The lowest BCUT2D eigenvalue weighted by atomic mass is 10.1. The van der Waals surface area contributed by atoms with Gasteiger partial charge in [0.15, 0.2) is 8.07 Å². The van der Waals surface area contributed by atoms with Crippen LogP contribution in [0.5, 0.6) is 0 Å². The Hall–Kier alpha value is -2.58. The standard InChI is InChI=1S/C26H18Cl2Si/c27-21-13-15-25-19(17-21)11-12-20-18-22(28)14-16-26(20)29(25,23-7-3-1-4-8-23)24-9-5-2-6-10-24/h1-18H. The Bertz CT molecular complexity index is 1120. The van der Waals surface area contributed by atoms with Crippen molar-refractivity contribution >= 4 is 64.2 Å². The van der Waals surface area contributed by atoms with Crippen molar-refractivity contribution in [2.24, 2.45) is 0 Å². The van der Waals surface area contributed by atoms with E-state index in [2.05, 4.69) is 97.1 Å². The van der Waals surface area contributed by atoms with Gasteiger partial charge in [-0.15, -0.1) is 0 Å². The maximum atomic E-state index is 6.41. The quantitative estimate of drug-likeness (QED) is 0.352. The van der Waals surface area contributed by atoms with Crippen LogP contribution in [-0.2, 0) is 0 Å². The Kier molecular flexibility index (Phi) is 4.67. The van der Waals surface area contributed by atoms with E-state index in [1.807, 2.05) is 12.1 Å². The molecule has 0 radical (unpaired) electrons. The molecule has 1 aliphatic heterocycles. The molecule has 0 amide bonds. The molecule has 0 fully saturated rings. The van der Waals surface area contributed by atoms with Crippen LogP contribution in [0.1, 0.15) is 11.1 Å². The van der Waals surface area contributed by atoms with Crippen LogP contribution in [0.4, 0.5) is 0 Å². The zero-order chi connectivity index (χ0) is 19.8. The van der Waals surface area contributed by atoms with Gasteiger partial charge in [0.1, 0.15) is 0 Å². The second kappa shape index (κ2) is 7.35. The van der Waals surface area contributed by atoms with E-state index in [1.165, 1.54) is 31.9 Å². The topological polar surface area (TPSA) is 0 Å². The maximum Gasteiger partial charge on any atom is 0.180 e. The third-order valence-electron chi connectivity index (χ3n) is 5.69. The molecule has 0 saturated carbocycles. The molecule has 4 aromatic carbocycles. The van der Waals surface area contributed by atoms with Gasteiger partial charge in [-0.05, 0) is 56.1 Å². The molecule has 0 nitrogen and oxygen atoms in total. The van der Waals surface area contributed by atoms with Crippen LogP contribution < -0.4 is 20.7 Å². The van der Waals surface area contributed by atoms with Crippen LogP contribution >= 0.6 is 23.2 Å². The van der Waals surface area contributed by atoms with E-state index in [0.717, 1.165) is 10.0 Å². The molecular formula is C26H18Cl2Si. The minimum Gasteiger partial charge on any atom is -0.0843 e. The number of rotatable bonds is 2. The lowest BCUT2D eigenvalue weighted by Gasteiger charge is -2.35. The first-order valence-corrected chi connectivity index (χ1v) is 12.3. The minimum absolute atomic E-state index is 0.751. The van der Waals surface area contributed by atoms with Gasteiger partial charge in [0, 0.05) is 10.0 Å². The summed E-state index contributed by atoms with van der Waals surface area (Å²) in [7, 11) is -2.55. The Balaban J connectivity index is 2.00. The van der Waals surface area contributed by atoms with Crippen LogP contribution in [0.3, 0.4) is 0 Å². The summed E-state index contributed by atoms with van der Waals surface area (Å²) in [6.07, 6.45) is 4.36. The van der Waals surface area contributed by atoms with Crippen molar-refractivity contribution in [1.29, 1.82) is 0 Å². The summed E-state index contributed by atoms with van der Waals surface area (Å²) >= 11 is 12.8. The fourth-order valence-electron chi connectivity index (χ4n) is 4.52. The van der Waals surface area contributed by atoms with Gasteiger partial charge in [-0.2, -0.15) is 0 Å². The van der Waals surface area contributed by atoms with Gasteiger partial charge < -0.3 is 0 Å². The average molecular weight is 429 g/mol. The normalized spacial score (nSPS) is 14.0. The molecule has 4 aromatic rings. The predicted octanol–water partition coefficient (Wildman–Crippen LogP) is 4.85. The Morgan fingerprint density at radius 1 is 0.483 bits per heavy atom. The first kappa shape index (κ1) is 18.4. The molecular weight excluding hydrogens is 411 g/mol. The minimum atomic E-state index is -2.55. The molecule has 0 atom stereocenters. The Morgan fingerprint density at radius 2 is 0.897 bits per heavy atom. The first-order valence-electron chi connectivity index (χ1n) is 9.59. The zero-order valence-corrected chi connectivity index (χ0v) is 18.2. The van der Waals surface area contributed by atoms with E-state index < -0.39 is 8.07 Å².